The number of rotatable bonds is 12. The number of methoxy groups -OCH3 is 1. The third-order valence-corrected chi connectivity index (χ3v) is 15.1. The lowest BCUT2D eigenvalue weighted by Crippen LogP contribution is -2.64. The number of aromatic nitrogens is 6. The van der Waals surface area contributed by atoms with Crippen LogP contribution in [0.1, 0.15) is 91.7 Å². The van der Waals surface area contributed by atoms with Gasteiger partial charge in [0, 0.05) is 46.6 Å². The van der Waals surface area contributed by atoms with Gasteiger partial charge < -0.3 is 29.9 Å². The minimum absolute atomic E-state index is 0.0158. The van der Waals surface area contributed by atoms with E-state index in [1.54, 1.807) is 18.4 Å². The average Bonchev–Trinajstić information content (AvgIpc) is 3.80. The molecular weight excluding hydrogens is 801 g/mol. The second-order valence-corrected chi connectivity index (χ2v) is 20.3. The molecule has 4 saturated carbocycles. The Kier molecular flexibility index (Phi) is 9.72. The van der Waals surface area contributed by atoms with E-state index >= 15 is 0 Å². The number of carbonyl (C=O) groups is 1. The maximum atomic E-state index is 13.5. The van der Waals surface area contributed by atoms with Gasteiger partial charge in [-0.3, -0.25) is 4.68 Å². The molecule has 2 aromatic carbocycles. The van der Waals surface area contributed by atoms with Crippen molar-refractivity contribution in [3.05, 3.63) is 82.8 Å². The zero-order valence-corrected chi connectivity index (χ0v) is 37.2. The summed E-state index contributed by atoms with van der Waals surface area (Å²) in [7, 11) is 1.64. The first-order valence-corrected chi connectivity index (χ1v) is 22.5. The molecule has 14 heteroatoms. The van der Waals surface area contributed by atoms with Crippen LogP contribution in [-0.4, -0.2) is 78.6 Å². The minimum atomic E-state index is -1.11. The Morgan fingerprint density at radius 3 is 2.37 bits per heavy atom. The summed E-state index contributed by atoms with van der Waals surface area (Å²) in [4.78, 5) is 25.4. The van der Waals surface area contributed by atoms with Crippen molar-refractivity contribution in [1.82, 2.24) is 29.9 Å². The van der Waals surface area contributed by atoms with Gasteiger partial charge in [0.25, 0.3) is 0 Å². The number of carboxylic acids is 1. The molecule has 6 aromatic rings. The van der Waals surface area contributed by atoms with Crippen LogP contribution in [0, 0.1) is 37.0 Å². The monoisotopic (exact) mass is 854 g/mol. The summed E-state index contributed by atoms with van der Waals surface area (Å²) >= 11 is 1.57. The number of fused-ring (bicyclic) bond motifs is 2. The molecule has 62 heavy (non-hydrogen) atoms. The summed E-state index contributed by atoms with van der Waals surface area (Å²) in [5.41, 5.74) is 7.58. The van der Waals surface area contributed by atoms with Crippen molar-refractivity contribution in [2.75, 3.05) is 37.1 Å². The summed E-state index contributed by atoms with van der Waals surface area (Å²) in [5.74, 6) is 1.43. The first-order valence-electron chi connectivity index (χ1n) is 21.7. The fourth-order valence-electron chi connectivity index (χ4n) is 13.0. The Bertz CT molecular complexity index is 2690. The number of hydrogen-bond donors (Lipinski definition) is 3. The van der Waals surface area contributed by atoms with E-state index in [1.807, 2.05) is 67.4 Å². The van der Waals surface area contributed by atoms with Crippen LogP contribution in [0.15, 0.2) is 54.7 Å². The van der Waals surface area contributed by atoms with Crippen LogP contribution in [0.3, 0.4) is 0 Å². The molecular formula is C48H54N8O5S. The van der Waals surface area contributed by atoms with Crippen molar-refractivity contribution in [2.45, 2.75) is 98.1 Å². The fourth-order valence-corrected chi connectivity index (χ4v) is 13.8. The highest BCUT2D eigenvalue weighted by Crippen LogP contribution is 2.72. The highest BCUT2D eigenvalue weighted by atomic mass is 32.1. The Hall–Kier alpha value is -5.44. The molecule has 13 nitrogen and oxygen atoms in total. The molecule has 0 amide bonds. The molecule has 5 heterocycles. The predicted octanol–water partition coefficient (Wildman–Crippen LogP) is 9.60. The molecule has 1 aliphatic heterocycles. The smallest absolute Gasteiger partial charge is 0.355 e. The van der Waals surface area contributed by atoms with Crippen LogP contribution in [0.25, 0.3) is 32.5 Å². The van der Waals surface area contributed by atoms with Crippen molar-refractivity contribution in [1.29, 1.82) is 0 Å². The van der Waals surface area contributed by atoms with E-state index in [4.69, 9.17) is 34.7 Å². The SMILES string of the molecule is COc1ccc(-c2c(N3CCCc4c3nnc(Nc3nc5ccccc5s3)c4C)nc(C(=O)O)c(-c3cnn(CC45CC6(C)CC(C)(C4)CC(OCCO)(C6)C5)c3C)c2C)cc1. The number of benzene rings is 2. The lowest BCUT2D eigenvalue weighted by Gasteiger charge is -2.69. The van der Waals surface area contributed by atoms with Crippen molar-refractivity contribution < 1.29 is 24.5 Å². The number of para-hydroxylation sites is 1. The van der Waals surface area contributed by atoms with Gasteiger partial charge in [-0.1, -0.05) is 49.4 Å². The van der Waals surface area contributed by atoms with Gasteiger partial charge in [0.15, 0.2) is 22.5 Å². The number of aromatic carboxylic acids is 1. The predicted molar refractivity (Wildman–Crippen MR) is 241 cm³/mol. The first-order chi connectivity index (χ1) is 29.7. The van der Waals surface area contributed by atoms with Gasteiger partial charge in [0.1, 0.15) is 11.6 Å². The lowest BCUT2D eigenvalue weighted by atomic mass is 9.39. The molecule has 0 radical (unpaired) electrons. The van der Waals surface area contributed by atoms with E-state index in [-0.39, 0.29) is 34.1 Å². The van der Waals surface area contributed by atoms with Crippen LogP contribution in [0.5, 0.6) is 5.75 Å². The number of nitrogens with zero attached hydrogens (tertiary/aromatic N) is 7. The molecule has 0 saturated heterocycles. The highest BCUT2D eigenvalue weighted by Gasteiger charge is 2.66. The molecule has 322 valence electrons. The van der Waals surface area contributed by atoms with Crippen molar-refractivity contribution in [3.8, 4) is 28.0 Å². The van der Waals surface area contributed by atoms with Crippen LogP contribution in [0.4, 0.5) is 22.6 Å². The summed E-state index contributed by atoms with van der Waals surface area (Å²) < 4.78 is 15.3. The Morgan fingerprint density at radius 1 is 0.903 bits per heavy atom. The Morgan fingerprint density at radius 2 is 1.66 bits per heavy atom. The van der Waals surface area contributed by atoms with Gasteiger partial charge in [0.05, 0.1) is 42.3 Å². The molecule has 2 atom stereocenters. The van der Waals surface area contributed by atoms with Gasteiger partial charge in [0.2, 0.25) is 0 Å². The van der Waals surface area contributed by atoms with E-state index in [9.17, 15) is 15.0 Å². The minimum Gasteiger partial charge on any atom is -0.497 e. The van der Waals surface area contributed by atoms with E-state index in [0.29, 0.717) is 48.5 Å². The molecule has 2 unspecified atom stereocenters. The Balaban J connectivity index is 1.06. The van der Waals surface area contributed by atoms with Gasteiger partial charge in [-0.05, 0) is 124 Å². The standard InChI is InChI=1S/C48H54N8O5S/c1-28-33-10-9-17-55(41(33)54-53-40(28)52-44-50-35-11-7-8-12-36(35)62-44)42-37(31-13-15-32(60-6)16-14-31)29(2)38(39(51-42)43(58)59)34-20-49-56(30(34)3)27-47-22-45(4)21-46(5,23-47)25-48(24-45,26-47)61-19-18-57/h7-8,11-16,20,57H,9-10,17-19,21-27H2,1-6H3,(H,58,59)(H,50,52,53). The van der Waals surface area contributed by atoms with E-state index < -0.39 is 5.97 Å². The molecule has 4 aromatic heterocycles. The summed E-state index contributed by atoms with van der Waals surface area (Å²) in [5, 5.41) is 39.5. The number of nitrogens with one attached hydrogen (secondary N) is 1. The maximum Gasteiger partial charge on any atom is 0.355 e. The van der Waals surface area contributed by atoms with Gasteiger partial charge in [-0.2, -0.15) is 5.10 Å². The van der Waals surface area contributed by atoms with Crippen LogP contribution >= 0.6 is 11.3 Å². The largest absolute Gasteiger partial charge is 0.497 e. The lowest BCUT2D eigenvalue weighted by molar-refractivity contribution is -0.250. The van der Waals surface area contributed by atoms with E-state index in [2.05, 4.69) is 36.8 Å². The number of aliphatic hydroxyl groups is 1. The van der Waals surface area contributed by atoms with E-state index in [1.165, 1.54) is 6.42 Å². The number of pyridine rings is 1. The number of hydrogen-bond acceptors (Lipinski definition) is 12. The van der Waals surface area contributed by atoms with Gasteiger partial charge in [-0.15, -0.1) is 10.2 Å². The average molecular weight is 855 g/mol. The highest BCUT2D eigenvalue weighted by molar-refractivity contribution is 7.22. The third kappa shape index (κ3) is 6.81. The zero-order valence-electron chi connectivity index (χ0n) is 36.3. The van der Waals surface area contributed by atoms with Crippen molar-refractivity contribution in [3.63, 3.8) is 0 Å². The fraction of sp³-hybridized carbons (Fsp3) is 0.458. The molecule has 5 aliphatic rings. The van der Waals surface area contributed by atoms with Crippen LogP contribution in [-0.2, 0) is 17.7 Å². The number of anilines is 4. The normalized spacial score (nSPS) is 25.0. The summed E-state index contributed by atoms with van der Waals surface area (Å²) in [6.45, 7) is 12.6. The number of thiazole rings is 1. The van der Waals surface area contributed by atoms with Gasteiger partial charge >= 0.3 is 5.97 Å². The van der Waals surface area contributed by atoms with Gasteiger partial charge in [-0.25, -0.2) is 14.8 Å². The van der Waals surface area contributed by atoms with Crippen LogP contribution in [0.2, 0.25) is 0 Å². The van der Waals surface area contributed by atoms with Crippen molar-refractivity contribution in [2.24, 2.45) is 16.2 Å². The maximum absolute atomic E-state index is 13.5. The number of carboxylic acid groups (broad SMARTS) is 1. The molecule has 11 rings (SSSR count). The topological polar surface area (TPSA) is 161 Å². The quantitative estimate of drug-likeness (QED) is 0.107. The molecule has 0 spiro atoms. The molecule has 3 N–H and O–H groups in total. The van der Waals surface area contributed by atoms with Crippen LogP contribution < -0.4 is 15.0 Å². The molecule has 4 bridgehead atoms. The number of aliphatic hydroxyl groups excluding tert-OH is 1. The second kappa shape index (κ2) is 14.8. The zero-order chi connectivity index (χ0) is 43.2. The van der Waals surface area contributed by atoms with Crippen molar-refractivity contribution >= 4 is 50.1 Å². The van der Waals surface area contributed by atoms with E-state index in [0.717, 1.165) is 99.4 Å². The third-order valence-electron chi connectivity index (χ3n) is 14.2. The first kappa shape index (κ1) is 40.6. The molecule has 4 fully saturated rings. The number of ether oxygens (including phenoxy) is 2. The second-order valence-electron chi connectivity index (χ2n) is 19.3. The summed E-state index contributed by atoms with van der Waals surface area (Å²) in [6, 6.07) is 15.9. The molecule has 4 aliphatic carbocycles. The summed E-state index contributed by atoms with van der Waals surface area (Å²) in [6.07, 6.45) is 9.74. The Labute approximate surface area is 365 Å².